The van der Waals surface area contributed by atoms with Crippen LogP contribution in [0.15, 0.2) is 42.7 Å². The number of hydrogen-bond acceptors (Lipinski definition) is 1. The first kappa shape index (κ1) is 9.00. The molecule has 0 atom stereocenters. The van der Waals surface area contributed by atoms with E-state index in [0.717, 1.165) is 5.82 Å². The van der Waals surface area contributed by atoms with Gasteiger partial charge in [0.2, 0.25) is 0 Å². The lowest BCUT2D eigenvalue weighted by Crippen LogP contribution is -2.20. The van der Waals surface area contributed by atoms with Crippen molar-refractivity contribution in [3.8, 4) is 0 Å². The fourth-order valence-corrected chi connectivity index (χ4v) is 1.60. The first-order valence-electron chi connectivity index (χ1n) is 4.76. The molecule has 2 heteroatoms. The zero-order chi connectivity index (χ0) is 10.0. The standard InChI is InChI=1S/C12H14N2/c1-12(2,11-13-8-9-14-11)10-6-4-3-5-7-10/h3-9H,1-2H3,(H,13,14). The van der Waals surface area contributed by atoms with E-state index >= 15 is 0 Å². The summed E-state index contributed by atoms with van der Waals surface area (Å²) < 4.78 is 0. The minimum Gasteiger partial charge on any atom is -0.348 e. The molecule has 2 aromatic rings. The van der Waals surface area contributed by atoms with Gasteiger partial charge in [0, 0.05) is 17.8 Å². The van der Waals surface area contributed by atoms with Crippen molar-refractivity contribution in [2.75, 3.05) is 0 Å². The highest BCUT2D eigenvalue weighted by atomic mass is 14.9. The van der Waals surface area contributed by atoms with Crippen molar-refractivity contribution < 1.29 is 0 Å². The average molecular weight is 186 g/mol. The maximum atomic E-state index is 4.31. The van der Waals surface area contributed by atoms with Gasteiger partial charge in [-0.15, -0.1) is 0 Å². The molecule has 14 heavy (non-hydrogen) atoms. The van der Waals surface area contributed by atoms with E-state index in [1.807, 2.05) is 12.3 Å². The van der Waals surface area contributed by atoms with Gasteiger partial charge in [-0.3, -0.25) is 0 Å². The van der Waals surface area contributed by atoms with Crippen LogP contribution < -0.4 is 0 Å². The Morgan fingerprint density at radius 3 is 2.43 bits per heavy atom. The second-order valence-corrected chi connectivity index (χ2v) is 3.93. The van der Waals surface area contributed by atoms with Gasteiger partial charge in [-0.05, 0) is 19.4 Å². The van der Waals surface area contributed by atoms with Gasteiger partial charge < -0.3 is 4.98 Å². The molecule has 0 saturated carbocycles. The van der Waals surface area contributed by atoms with Crippen LogP contribution in [0.3, 0.4) is 0 Å². The Bertz CT molecular complexity index is 388. The van der Waals surface area contributed by atoms with Crippen LogP contribution in [0.5, 0.6) is 0 Å². The summed E-state index contributed by atoms with van der Waals surface area (Å²) in [4.78, 5) is 7.47. The Balaban J connectivity index is 2.43. The molecular weight excluding hydrogens is 172 g/mol. The summed E-state index contributed by atoms with van der Waals surface area (Å²) in [6, 6.07) is 10.4. The molecule has 1 N–H and O–H groups in total. The zero-order valence-electron chi connectivity index (χ0n) is 8.49. The van der Waals surface area contributed by atoms with Crippen molar-refractivity contribution in [2.24, 2.45) is 0 Å². The van der Waals surface area contributed by atoms with Crippen molar-refractivity contribution in [1.29, 1.82) is 0 Å². The van der Waals surface area contributed by atoms with Gasteiger partial charge in [-0.2, -0.15) is 0 Å². The van der Waals surface area contributed by atoms with E-state index in [1.165, 1.54) is 5.56 Å². The minimum absolute atomic E-state index is 0.0508. The molecule has 0 fully saturated rings. The van der Waals surface area contributed by atoms with E-state index in [9.17, 15) is 0 Å². The maximum Gasteiger partial charge on any atom is 0.116 e. The summed E-state index contributed by atoms with van der Waals surface area (Å²) in [5, 5.41) is 0. The zero-order valence-corrected chi connectivity index (χ0v) is 8.49. The first-order chi connectivity index (χ1) is 6.71. The van der Waals surface area contributed by atoms with Gasteiger partial charge in [0.15, 0.2) is 0 Å². The number of aromatic nitrogens is 2. The fraction of sp³-hybridized carbons (Fsp3) is 0.250. The van der Waals surface area contributed by atoms with E-state index < -0.39 is 0 Å². The Kier molecular flexibility index (Phi) is 2.12. The SMILES string of the molecule is CC(C)(c1ccccc1)c1ncc[nH]1. The number of H-pyrrole nitrogens is 1. The number of aromatic amines is 1. The molecule has 0 bridgehead atoms. The van der Waals surface area contributed by atoms with Crippen molar-refractivity contribution >= 4 is 0 Å². The second-order valence-electron chi connectivity index (χ2n) is 3.93. The molecular formula is C12H14N2. The predicted molar refractivity (Wildman–Crippen MR) is 57.2 cm³/mol. The number of nitrogens with zero attached hydrogens (tertiary/aromatic N) is 1. The molecule has 1 aromatic carbocycles. The minimum atomic E-state index is -0.0508. The number of nitrogens with one attached hydrogen (secondary N) is 1. The van der Waals surface area contributed by atoms with E-state index in [4.69, 9.17) is 0 Å². The Hall–Kier alpha value is -1.57. The van der Waals surface area contributed by atoms with Gasteiger partial charge in [0.05, 0.1) is 0 Å². The topological polar surface area (TPSA) is 28.7 Å². The quantitative estimate of drug-likeness (QED) is 0.767. The van der Waals surface area contributed by atoms with Crippen LogP contribution in [0, 0.1) is 0 Å². The normalized spacial score (nSPS) is 11.6. The summed E-state index contributed by atoms with van der Waals surface area (Å²) in [5.74, 6) is 1.00. The largest absolute Gasteiger partial charge is 0.348 e. The van der Waals surface area contributed by atoms with E-state index in [0.29, 0.717) is 0 Å². The van der Waals surface area contributed by atoms with Crippen LogP contribution in [0.4, 0.5) is 0 Å². The summed E-state index contributed by atoms with van der Waals surface area (Å²) in [7, 11) is 0. The summed E-state index contributed by atoms with van der Waals surface area (Å²) >= 11 is 0. The average Bonchev–Trinajstić information content (AvgIpc) is 2.72. The highest BCUT2D eigenvalue weighted by Gasteiger charge is 2.24. The molecule has 2 rings (SSSR count). The van der Waals surface area contributed by atoms with Gasteiger partial charge in [-0.1, -0.05) is 30.3 Å². The van der Waals surface area contributed by atoms with Crippen LogP contribution in [0.2, 0.25) is 0 Å². The van der Waals surface area contributed by atoms with Gasteiger partial charge in [-0.25, -0.2) is 4.98 Å². The molecule has 0 amide bonds. The maximum absolute atomic E-state index is 4.31. The highest BCUT2D eigenvalue weighted by Crippen LogP contribution is 2.28. The van der Waals surface area contributed by atoms with Crippen molar-refractivity contribution in [2.45, 2.75) is 19.3 Å². The van der Waals surface area contributed by atoms with Gasteiger partial charge in [0.25, 0.3) is 0 Å². The molecule has 0 radical (unpaired) electrons. The fourth-order valence-electron chi connectivity index (χ4n) is 1.60. The number of rotatable bonds is 2. The Labute approximate surface area is 84.0 Å². The molecule has 0 unspecified atom stereocenters. The third-order valence-electron chi connectivity index (χ3n) is 2.59. The number of hydrogen-bond donors (Lipinski definition) is 1. The molecule has 0 aliphatic heterocycles. The smallest absolute Gasteiger partial charge is 0.116 e. The van der Waals surface area contributed by atoms with E-state index in [1.54, 1.807) is 6.20 Å². The summed E-state index contributed by atoms with van der Waals surface area (Å²) in [6.45, 7) is 4.34. The molecule has 72 valence electrons. The number of imidazole rings is 1. The van der Waals surface area contributed by atoms with Gasteiger partial charge >= 0.3 is 0 Å². The summed E-state index contributed by atoms with van der Waals surface area (Å²) in [5.41, 5.74) is 1.22. The third-order valence-corrected chi connectivity index (χ3v) is 2.59. The molecule has 0 aliphatic carbocycles. The van der Waals surface area contributed by atoms with Crippen molar-refractivity contribution in [3.63, 3.8) is 0 Å². The highest BCUT2D eigenvalue weighted by molar-refractivity contribution is 5.30. The van der Waals surface area contributed by atoms with Crippen LogP contribution in [-0.4, -0.2) is 9.97 Å². The van der Waals surface area contributed by atoms with Crippen molar-refractivity contribution in [1.82, 2.24) is 9.97 Å². The molecule has 1 aromatic heterocycles. The Morgan fingerprint density at radius 2 is 1.86 bits per heavy atom. The monoisotopic (exact) mass is 186 g/mol. The number of benzene rings is 1. The van der Waals surface area contributed by atoms with Crippen LogP contribution in [-0.2, 0) is 5.41 Å². The van der Waals surface area contributed by atoms with E-state index in [-0.39, 0.29) is 5.41 Å². The Morgan fingerprint density at radius 1 is 1.14 bits per heavy atom. The molecule has 0 spiro atoms. The summed E-state index contributed by atoms with van der Waals surface area (Å²) in [6.07, 6.45) is 3.65. The van der Waals surface area contributed by atoms with Crippen LogP contribution in [0.1, 0.15) is 25.2 Å². The molecule has 1 heterocycles. The lowest BCUT2D eigenvalue weighted by atomic mass is 9.84. The van der Waals surface area contributed by atoms with Gasteiger partial charge in [0.1, 0.15) is 5.82 Å². The van der Waals surface area contributed by atoms with Crippen LogP contribution >= 0.6 is 0 Å². The third kappa shape index (κ3) is 1.43. The van der Waals surface area contributed by atoms with Crippen LogP contribution in [0.25, 0.3) is 0 Å². The van der Waals surface area contributed by atoms with E-state index in [2.05, 4.69) is 48.1 Å². The predicted octanol–water partition coefficient (Wildman–Crippen LogP) is 2.74. The lowest BCUT2D eigenvalue weighted by molar-refractivity contribution is 0.599. The lowest BCUT2D eigenvalue weighted by Gasteiger charge is -2.22. The molecule has 2 nitrogen and oxygen atoms in total. The van der Waals surface area contributed by atoms with Crippen molar-refractivity contribution in [3.05, 3.63) is 54.1 Å². The first-order valence-corrected chi connectivity index (χ1v) is 4.76. The second kappa shape index (κ2) is 3.29. The molecule has 0 aliphatic rings. The molecule has 0 saturated heterocycles.